The Hall–Kier alpha value is -2.54. The monoisotopic (exact) mass is 368 g/mol. The van der Waals surface area contributed by atoms with Gasteiger partial charge < -0.3 is 10.6 Å². The van der Waals surface area contributed by atoms with Gasteiger partial charge in [0.1, 0.15) is 22.9 Å². The third-order valence-electron chi connectivity index (χ3n) is 3.98. The van der Waals surface area contributed by atoms with Crippen LogP contribution in [0.1, 0.15) is 12.8 Å². The summed E-state index contributed by atoms with van der Waals surface area (Å²) in [5.74, 6) is -3.64. The van der Waals surface area contributed by atoms with E-state index < -0.39 is 34.7 Å². The number of carbonyl (C=O) groups is 2. The lowest BCUT2D eigenvalue weighted by Gasteiger charge is -2.16. The number of benzene rings is 2. The summed E-state index contributed by atoms with van der Waals surface area (Å²) in [5, 5.41) is 4.63. The SMILES string of the molecule is O=C(Nc1ccc(F)c(Cl)c1)C1(C(=O)Nc2ccc(F)cc2F)CC1. The van der Waals surface area contributed by atoms with Crippen LogP contribution in [0.4, 0.5) is 24.5 Å². The van der Waals surface area contributed by atoms with Gasteiger partial charge in [-0.15, -0.1) is 0 Å². The first-order valence-corrected chi connectivity index (χ1v) is 7.73. The summed E-state index contributed by atoms with van der Waals surface area (Å²) in [6.07, 6.45) is 0.560. The fourth-order valence-electron chi connectivity index (χ4n) is 2.34. The van der Waals surface area contributed by atoms with Crippen LogP contribution >= 0.6 is 11.6 Å². The van der Waals surface area contributed by atoms with Crippen LogP contribution in [0.25, 0.3) is 0 Å². The maximum atomic E-state index is 13.6. The molecule has 0 radical (unpaired) electrons. The molecule has 1 fully saturated rings. The van der Waals surface area contributed by atoms with Gasteiger partial charge in [-0.1, -0.05) is 11.6 Å². The molecular weight excluding hydrogens is 357 g/mol. The normalized spacial score (nSPS) is 14.7. The Morgan fingerprint density at radius 3 is 2.20 bits per heavy atom. The first kappa shape index (κ1) is 17.3. The molecule has 2 aromatic carbocycles. The summed E-state index contributed by atoms with van der Waals surface area (Å²) >= 11 is 5.65. The number of hydrogen-bond acceptors (Lipinski definition) is 2. The van der Waals surface area contributed by atoms with Crippen molar-refractivity contribution in [2.45, 2.75) is 12.8 Å². The molecule has 4 nitrogen and oxygen atoms in total. The summed E-state index contributed by atoms with van der Waals surface area (Å²) in [7, 11) is 0. The highest BCUT2D eigenvalue weighted by Crippen LogP contribution is 2.47. The van der Waals surface area contributed by atoms with E-state index in [0.717, 1.165) is 18.2 Å². The van der Waals surface area contributed by atoms with Crippen LogP contribution in [0.15, 0.2) is 36.4 Å². The van der Waals surface area contributed by atoms with Gasteiger partial charge in [0, 0.05) is 11.8 Å². The van der Waals surface area contributed by atoms with Crippen LogP contribution in [-0.4, -0.2) is 11.8 Å². The average Bonchev–Trinajstić information content (AvgIpc) is 3.35. The second kappa shape index (κ2) is 6.40. The number of hydrogen-bond donors (Lipinski definition) is 2. The van der Waals surface area contributed by atoms with E-state index in [4.69, 9.17) is 11.6 Å². The van der Waals surface area contributed by atoms with E-state index in [1.807, 2.05) is 0 Å². The fourth-order valence-corrected chi connectivity index (χ4v) is 2.52. The van der Waals surface area contributed by atoms with Gasteiger partial charge in [0.05, 0.1) is 10.7 Å². The van der Waals surface area contributed by atoms with E-state index in [2.05, 4.69) is 10.6 Å². The zero-order chi connectivity index (χ0) is 18.2. The van der Waals surface area contributed by atoms with Crippen molar-refractivity contribution in [3.05, 3.63) is 58.9 Å². The van der Waals surface area contributed by atoms with E-state index in [0.29, 0.717) is 6.07 Å². The molecule has 0 atom stereocenters. The number of anilines is 2. The predicted molar refractivity (Wildman–Crippen MR) is 86.7 cm³/mol. The van der Waals surface area contributed by atoms with Crippen molar-refractivity contribution in [2.75, 3.05) is 10.6 Å². The smallest absolute Gasteiger partial charge is 0.240 e. The summed E-state index contributed by atoms with van der Waals surface area (Å²) in [5.41, 5.74) is -1.32. The first-order valence-electron chi connectivity index (χ1n) is 7.35. The van der Waals surface area contributed by atoms with E-state index in [-0.39, 0.29) is 29.2 Å². The Morgan fingerprint density at radius 2 is 1.60 bits per heavy atom. The summed E-state index contributed by atoms with van der Waals surface area (Å²) in [6.45, 7) is 0. The molecule has 0 aliphatic heterocycles. The van der Waals surface area contributed by atoms with Gasteiger partial charge in [0.15, 0.2) is 0 Å². The van der Waals surface area contributed by atoms with Crippen molar-refractivity contribution in [3.8, 4) is 0 Å². The van der Waals surface area contributed by atoms with Crippen LogP contribution < -0.4 is 10.6 Å². The molecule has 2 aromatic rings. The number of carbonyl (C=O) groups excluding carboxylic acids is 2. The average molecular weight is 369 g/mol. The molecule has 0 heterocycles. The van der Waals surface area contributed by atoms with Gasteiger partial charge >= 0.3 is 0 Å². The second-order valence-corrected chi connectivity index (χ2v) is 6.15. The highest BCUT2D eigenvalue weighted by Gasteiger charge is 2.56. The number of nitrogens with one attached hydrogen (secondary N) is 2. The minimum Gasteiger partial charge on any atom is -0.325 e. The maximum absolute atomic E-state index is 13.6. The largest absolute Gasteiger partial charge is 0.325 e. The lowest BCUT2D eigenvalue weighted by Crippen LogP contribution is -2.35. The molecule has 1 aliphatic rings. The van der Waals surface area contributed by atoms with Gasteiger partial charge in [-0.05, 0) is 43.2 Å². The van der Waals surface area contributed by atoms with Gasteiger partial charge in [-0.2, -0.15) is 0 Å². The fraction of sp³-hybridized carbons (Fsp3) is 0.176. The van der Waals surface area contributed by atoms with Crippen LogP contribution in [0.2, 0.25) is 5.02 Å². The molecule has 3 rings (SSSR count). The molecule has 2 amide bonds. The van der Waals surface area contributed by atoms with E-state index in [1.54, 1.807) is 0 Å². The third-order valence-corrected chi connectivity index (χ3v) is 4.27. The minimum absolute atomic E-state index is 0.166. The zero-order valence-electron chi connectivity index (χ0n) is 12.7. The summed E-state index contributed by atoms with van der Waals surface area (Å²) < 4.78 is 39.7. The molecule has 8 heteroatoms. The second-order valence-electron chi connectivity index (χ2n) is 5.74. The third kappa shape index (κ3) is 3.46. The standard InChI is InChI=1S/C17H12ClF3N2O2/c18-11-8-10(2-3-12(11)20)22-15(24)17(5-6-17)16(25)23-14-4-1-9(19)7-13(14)21/h1-4,7-8H,5-6H2,(H,22,24)(H,23,25). The highest BCUT2D eigenvalue weighted by molar-refractivity contribution is 6.31. The van der Waals surface area contributed by atoms with E-state index in [9.17, 15) is 22.8 Å². The predicted octanol–water partition coefficient (Wildman–Crippen LogP) is 4.11. The molecule has 130 valence electrons. The number of rotatable bonds is 4. The quantitative estimate of drug-likeness (QED) is 0.798. The van der Waals surface area contributed by atoms with Crippen LogP contribution in [0, 0.1) is 22.9 Å². The number of amides is 2. The number of halogens is 4. The molecule has 25 heavy (non-hydrogen) atoms. The van der Waals surface area contributed by atoms with Gasteiger partial charge in [0.2, 0.25) is 11.8 Å². The molecule has 0 saturated heterocycles. The Balaban J connectivity index is 1.73. The molecule has 1 saturated carbocycles. The Kier molecular flexibility index (Phi) is 4.43. The lowest BCUT2D eigenvalue weighted by atomic mass is 10.0. The summed E-state index contributed by atoms with van der Waals surface area (Å²) in [6, 6.07) is 6.34. The van der Waals surface area contributed by atoms with Crippen LogP contribution in [0.5, 0.6) is 0 Å². The van der Waals surface area contributed by atoms with Crippen molar-refractivity contribution in [1.29, 1.82) is 0 Å². The van der Waals surface area contributed by atoms with Crippen molar-refractivity contribution >= 4 is 34.8 Å². The van der Waals surface area contributed by atoms with Crippen LogP contribution in [-0.2, 0) is 9.59 Å². The van der Waals surface area contributed by atoms with Crippen LogP contribution in [0.3, 0.4) is 0 Å². The van der Waals surface area contributed by atoms with Crippen molar-refractivity contribution < 1.29 is 22.8 Å². The topological polar surface area (TPSA) is 58.2 Å². The lowest BCUT2D eigenvalue weighted by molar-refractivity contribution is -0.131. The molecule has 0 spiro atoms. The summed E-state index contributed by atoms with van der Waals surface area (Å²) in [4.78, 5) is 24.8. The molecule has 0 bridgehead atoms. The Labute approximate surface area is 146 Å². The van der Waals surface area contributed by atoms with Crippen molar-refractivity contribution in [3.63, 3.8) is 0 Å². The van der Waals surface area contributed by atoms with E-state index >= 15 is 0 Å². The maximum Gasteiger partial charge on any atom is 0.240 e. The molecule has 2 N–H and O–H groups in total. The minimum atomic E-state index is -1.35. The molecule has 0 unspecified atom stereocenters. The Bertz CT molecular complexity index is 869. The van der Waals surface area contributed by atoms with Gasteiger partial charge in [-0.3, -0.25) is 9.59 Å². The van der Waals surface area contributed by atoms with Crippen molar-refractivity contribution in [2.24, 2.45) is 5.41 Å². The van der Waals surface area contributed by atoms with Gasteiger partial charge in [-0.25, -0.2) is 13.2 Å². The zero-order valence-corrected chi connectivity index (χ0v) is 13.5. The highest BCUT2D eigenvalue weighted by atomic mass is 35.5. The molecule has 1 aliphatic carbocycles. The Morgan fingerprint density at radius 1 is 0.920 bits per heavy atom. The van der Waals surface area contributed by atoms with Crippen molar-refractivity contribution in [1.82, 2.24) is 0 Å². The first-order chi connectivity index (χ1) is 11.8. The molecular formula is C17H12ClF3N2O2. The van der Waals surface area contributed by atoms with E-state index in [1.165, 1.54) is 12.1 Å². The van der Waals surface area contributed by atoms with Gasteiger partial charge in [0.25, 0.3) is 0 Å². The molecule has 0 aromatic heterocycles.